The maximum absolute atomic E-state index is 12.4. The van der Waals surface area contributed by atoms with E-state index in [1.807, 2.05) is 49.4 Å². The van der Waals surface area contributed by atoms with Gasteiger partial charge in [0, 0.05) is 38.2 Å². The molecule has 0 radical (unpaired) electrons. The predicted octanol–water partition coefficient (Wildman–Crippen LogP) is 4.08. The van der Waals surface area contributed by atoms with Crippen LogP contribution in [-0.4, -0.2) is 32.7 Å². The number of carbonyl (C=O) groups excluding carboxylic acids is 1. The number of sulfonamides is 1. The minimum atomic E-state index is -3.56. The first kappa shape index (κ1) is 20.8. The Morgan fingerprint density at radius 2 is 1.76 bits per heavy atom. The monoisotopic (exact) mass is 412 g/mol. The van der Waals surface area contributed by atoms with Crippen LogP contribution in [0, 0.1) is 6.92 Å². The molecule has 0 aliphatic heterocycles. The van der Waals surface area contributed by atoms with E-state index in [0.717, 1.165) is 27.0 Å². The fourth-order valence-corrected chi connectivity index (χ4v) is 3.75. The highest BCUT2D eigenvalue weighted by Crippen LogP contribution is 2.24. The van der Waals surface area contributed by atoms with Crippen LogP contribution in [0.15, 0.2) is 70.0 Å². The van der Waals surface area contributed by atoms with Gasteiger partial charge in [-0.15, -0.1) is 0 Å². The largest absolute Gasteiger partial charge is 0.461 e. The third kappa shape index (κ3) is 4.93. The van der Waals surface area contributed by atoms with E-state index in [9.17, 15) is 13.2 Å². The number of rotatable bonds is 7. The van der Waals surface area contributed by atoms with Gasteiger partial charge < -0.3 is 9.73 Å². The molecule has 0 spiro atoms. The van der Waals surface area contributed by atoms with Gasteiger partial charge >= 0.3 is 0 Å². The van der Waals surface area contributed by atoms with Crippen molar-refractivity contribution in [2.24, 2.45) is 0 Å². The van der Waals surface area contributed by atoms with Crippen molar-refractivity contribution < 1.29 is 17.6 Å². The van der Waals surface area contributed by atoms with E-state index in [2.05, 4.69) is 5.32 Å². The van der Waals surface area contributed by atoms with Crippen molar-refractivity contribution in [2.75, 3.05) is 19.4 Å². The lowest BCUT2D eigenvalue weighted by atomic mass is 10.2. The fourth-order valence-electron chi connectivity index (χ4n) is 2.83. The first-order valence-electron chi connectivity index (χ1n) is 9.24. The van der Waals surface area contributed by atoms with Crippen molar-refractivity contribution in [3.05, 3.63) is 72.0 Å². The minimum Gasteiger partial charge on any atom is -0.461 e. The lowest BCUT2D eigenvalue weighted by Gasteiger charge is -2.14. The summed E-state index contributed by atoms with van der Waals surface area (Å²) in [7, 11) is -0.618. The van der Waals surface area contributed by atoms with Gasteiger partial charge in [0.1, 0.15) is 11.5 Å². The molecule has 2 aromatic carbocycles. The molecular formula is C22H24N2O4S. The van der Waals surface area contributed by atoms with Gasteiger partial charge in [0.15, 0.2) is 0 Å². The minimum absolute atomic E-state index is 0.141. The zero-order chi connectivity index (χ0) is 21.0. The number of nitrogens with one attached hydrogen (secondary N) is 1. The second-order valence-corrected chi connectivity index (χ2v) is 9.10. The topological polar surface area (TPSA) is 79.6 Å². The van der Waals surface area contributed by atoms with Crippen LogP contribution >= 0.6 is 0 Å². The number of anilines is 1. The van der Waals surface area contributed by atoms with Crippen LogP contribution in [0.1, 0.15) is 17.7 Å². The smallest absolute Gasteiger partial charge is 0.242 e. The quantitative estimate of drug-likeness (QED) is 0.634. The Morgan fingerprint density at radius 3 is 2.45 bits per heavy atom. The first-order valence-corrected chi connectivity index (χ1v) is 10.7. The standard InChI is InChI=1S/C22H24N2O4S/c1-16-9-12-19(29(26,27)24(2)3)15-20(16)23-22(25)14-11-18-10-13-21(28-18)17-7-5-4-6-8-17/h4-10,12-13,15H,11,14H2,1-3H3,(H,23,25). The van der Waals surface area contributed by atoms with Crippen molar-refractivity contribution in [3.63, 3.8) is 0 Å². The zero-order valence-electron chi connectivity index (χ0n) is 16.7. The number of amides is 1. The Balaban J connectivity index is 1.65. The lowest BCUT2D eigenvalue weighted by Crippen LogP contribution is -2.22. The Bertz CT molecular complexity index is 1100. The van der Waals surface area contributed by atoms with Gasteiger partial charge in [-0.2, -0.15) is 0 Å². The summed E-state index contributed by atoms with van der Waals surface area (Å²) < 4.78 is 31.6. The van der Waals surface area contributed by atoms with Gasteiger partial charge in [0.2, 0.25) is 15.9 Å². The predicted molar refractivity (Wildman–Crippen MR) is 113 cm³/mol. The van der Waals surface area contributed by atoms with E-state index in [4.69, 9.17) is 4.42 Å². The summed E-state index contributed by atoms with van der Waals surface area (Å²) in [5, 5.41) is 2.81. The van der Waals surface area contributed by atoms with E-state index in [-0.39, 0.29) is 17.2 Å². The number of hydrogen-bond donors (Lipinski definition) is 1. The van der Waals surface area contributed by atoms with Crippen LogP contribution in [0.4, 0.5) is 5.69 Å². The van der Waals surface area contributed by atoms with Gasteiger partial charge in [-0.25, -0.2) is 12.7 Å². The normalized spacial score (nSPS) is 11.6. The fraction of sp³-hybridized carbons (Fsp3) is 0.227. The molecule has 152 valence electrons. The van der Waals surface area contributed by atoms with E-state index < -0.39 is 10.0 Å². The molecule has 7 heteroatoms. The van der Waals surface area contributed by atoms with Crippen LogP contribution < -0.4 is 5.32 Å². The van der Waals surface area contributed by atoms with Crippen LogP contribution in [0.5, 0.6) is 0 Å². The second-order valence-electron chi connectivity index (χ2n) is 6.94. The molecule has 0 aliphatic rings. The van der Waals surface area contributed by atoms with Gasteiger partial charge in [-0.05, 0) is 36.8 Å². The highest BCUT2D eigenvalue weighted by Gasteiger charge is 2.18. The summed E-state index contributed by atoms with van der Waals surface area (Å²) in [6.07, 6.45) is 0.680. The maximum atomic E-state index is 12.4. The Hall–Kier alpha value is -2.90. The number of nitrogens with zero attached hydrogens (tertiary/aromatic N) is 1. The van der Waals surface area contributed by atoms with E-state index in [1.54, 1.807) is 6.07 Å². The number of benzene rings is 2. The van der Waals surface area contributed by atoms with Gasteiger partial charge in [0.25, 0.3) is 0 Å². The Kier molecular flexibility index (Phi) is 6.20. The third-order valence-corrected chi connectivity index (χ3v) is 6.39. The summed E-state index contributed by atoms with van der Waals surface area (Å²) in [6, 6.07) is 18.2. The molecule has 1 aromatic heterocycles. The van der Waals surface area contributed by atoms with Crippen molar-refractivity contribution in [3.8, 4) is 11.3 Å². The maximum Gasteiger partial charge on any atom is 0.242 e. The number of furan rings is 1. The highest BCUT2D eigenvalue weighted by molar-refractivity contribution is 7.89. The molecule has 6 nitrogen and oxygen atoms in total. The van der Waals surface area contributed by atoms with E-state index in [0.29, 0.717) is 12.1 Å². The molecule has 0 atom stereocenters. The van der Waals surface area contributed by atoms with Gasteiger partial charge in [-0.1, -0.05) is 36.4 Å². The summed E-state index contributed by atoms with van der Waals surface area (Å²) in [5.74, 6) is 1.28. The second kappa shape index (κ2) is 8.63. The molecule has 0 unspecified atom stereocenters. The molecule has 0 saturated heterocycles. The molecule has 1 heterocycles. The molecule has 3 rings (SSSR count). The highest BCUT2D eigenvalue weighted by atomic mass is 32.2. The number of carbonyl (C=O) groups is 1. The molecule has 0 bridgehead atoms. The SMILES string of the molecule is Cc1ccc(S(=O)(=O)N(C)C)cc1NC(=O)CCc1ccc(-c2ccccc2)o1. The average Bonchev–Trinajstić information content (AvgIpc) is 3.17. The van der Waals surface area contributed by atoms with Crippen LogP contribution in [0.2, 0.25) is 0 Å². The zero-order valence-corrected chi connectivity index (χ0v) is 17.5. The molecule has 1 N–H and O–H groups in total. The van der Waals surface area contributed by atoms with Crippen molar-refractivity contribution in [1.29, 1.82) is 0 Å². The summed E-state index contributed by atoms with van der Waals surface area (Å²) in [5.41, 5.74) is 2.26. The van der Waals surface area contributed by atoms with Crippen LogP contribution in [-0.2, 0) is 21.2 Å². The molecule has 0 fully saturated rings. The molecule has 29 heavy (non-hydrogen) atoms. The molecule has 3 aromatic rings. The van der Waals surface area contributed by atoms with Crippen LogP contribution in [0.3, 0.4) is 0 Å². The molecule has 1 amide bonds. The number of hydrogen-bond acceptors (Lipinski definition) is 4. The lowest BCUT2D eigenvalue weighted by molar-refractivity contribution is -0.116. The molecule has 0 aliphatic carbocycles. The van der Waals surface area contributed by atoms with Gasteiger partial charge in [0.05, 0.1) is 4.90 Å². The van der Waals surface area contributed by atoms with Crippen molar-refractivity contribution in [1.82, 2.24) is 4.31 Å². The third-order valence-electron chi connectivity index (χ3n) is 4.58. The summed E-state index contributed by atoms with van der Waals surface area (Å²) in [4.78, 5) is 12.5. The van der Waals surface area contributed by atoms with E-state index in [1.165, 1.54) is 26.2 Å². The Morgan fingerprint density at radius 1 is 1.03 bits per heavy atom. The number of aryl methyl sites for hydroxylation is 2. The Labute approximate surface area is 171 Å². The average molecular weight is 413 g/mol. The van der Waals surface area contributed by atoms with Crippen LogP contribution in [0.25, 0.3) is 11.3 Å². The molecule has 0 saturated carbocycles. The summed E-state index contributed by atoms with van der Waals surface area (Å²) >= 11 is 0. The van der Waals surface area contributed by atoms with E-state index >= 15 is 0 Å². The molecular weight excluding hydrogens is 388 g/mol. The van der Waals surface area contributed by atoms with Gasteiger partial charge in [-0.3, -0.25) is 4.79 Å². The van der Waals surface area contributed by atoms with Crippen molar-refractivity contribution in [2.45, 2.75) is 24.7 Å². The summed E-state index contributed by atoms with van der Waals surface area (Å²) in [6.45, 7) is 1.82. The van der Waals surface area contributed by atoms with Crippen molar-refractivity contribution >= 4 is 21.6 Å². The first-order chi connectivity index (χ1) is 13.8.